The van der Waals surface area contributed by atoms with Gasteiger partial charge in [0, 0.05) is 54.6 Å². The topological polar surface area (TPSA) is 66.7 Å². The molecule has 0 spiro atoms. The van der Waals surface area contributed by atoms with E-state index in [-0.39, 0.29) is 11.6 Å². The van der Waals surface area contributed by atoms with Crippen molar-refractivity contribution < 1.29 is 9.72 Å². The van der Waals surface area contributed by atoms with Crippen LogP contribution in [0.3, 0.4) is 0 Å². The van der Waals surface area contributed by atoms with Crippen molar-refractivity contribution in [3.05, 3.63) is 68.7 Å². The lowest BCUT2D eigenvalue weighted by molar-refractivity contribution is -0.384. The molecule has 130 valence electrons. The van der Waals surface area contributed by atoms with Crippen molar-refractivity contribution in [2.45, 2.75) is 6.92 Å². The van der Waals surface area contributed by atoms with Crippen LogP contribution in [0.25, 0.3) is 0 Å². The summed E-state index contributed by atoms with van der Waals surface area (Å²) in [5.74, 6) is -0.0254. The van der Waals surface area contributed by atoms with E-state index in [1.54, 1.807) is 36.4 Å². The molecule has 2 aromatic carbocycles. The van der Waals surface area contributed by atoms with Crippen molar-refractivity contribution >= 4 is 28.9 Å². The van der Waals surface area contributed by atoms with Crippen LogP contribution in [0.5, 0.6) is 0 Å². The van der Waals surface area contributed by atoms with Gasteiger partial charge in [-0.05, 0) is 36.8 Å². The summed E-state index contributed by atoms with van der Waals surface area (Å²) < 4.78 is 0. The SMILES string of the molecule is Cc1cc([N+](=O)[O-])ccc1N1CCN(C(=O)c2cccc(Cl)c2)CC1. The summed E-state index contributed by atoms with van der Waals surface area (Å²) in [5.41, 5.74) is 2.52. The highest BCUT2D eigenvalue weighted by Gasteiger charge is 2.23. The number of nitro groups is 1. The van der Waals surface area contributed by atoms with Crippen molar-refractivity contribution in [1.29, 1.82) is 0 Å². The van der Waals surface area contributed by atoms with Gasteiger partial charge in [-0.3, -0.25) is 14.9 Å². The van der Waals surface area contributed by atoms with Gasteiger partial charge in [-0.15, -0.1) is 0 Å². The van der Waals surface area contributed by atoms with Crippen LogP contribution in [0, 0.1) is 17.0 Å². The van der Waals surface area contributed by atoms with Gasteiger partial charge in [0.25, 0.3) is 11.6 Å². The number of halogens is 1. The highest BCUT2D eigenvalue weighted by atomic mass is 35.5. The Morgan fingerprint density at radius 1 is 1.12 bits per heavy atom. The van der Waals surface area contributed by atoms with Crippen molar-refractivity contribution in [1.82, 2.24) is 4.90 Å². The number of hydrogen-bond acceptors (Lipinski definition) is 4. The Hall–Kier alpha value is -2.60. The molecular formula is C18H18ClN3O3. The van der Waals surface area contributed by atoms with E-state index in [4.69, 9.17) is 11.6 Å². The number of aryl methyl sites for hydroxylation is 1. The highest BCUT2D eigenvalue weighted by Crippen LogP contribution is 2.26. The fourth-order valence-corrected chi connectivity index (χ4v) is 3.25. The molecule has 1 aliphatic heterocycles. The zero-order valence-corrected chi connectivity index (χ0v) is 14.6. The molecular weight excluding hydrogens is 342 g/mol. The Labute approximate surface area is 150 Å². The number of nitro benzene ring substituents is 1. The summed E-state index contributed by atoms with van der Waals surface area (Å²) in [7, 11) is 0. The van der Waals surface area contributed by atoms with Gasteiger partial charge in [0.05, 0.1) is 4.92 Å². The molecule has 1 fully saturated rings. The molecule has 0 aromatic heterocycles. The fraction of sp³-hybridized carbons (Fsp3) is 0.278. The molecule has 0 unspecified atom stereocenters. The molecule has 1 aliphatic rings. The first kappa shape index (κ1) is 17.2. The summed E-state index contributed by atoms with van der Waals surface area (Å²) in [6.45, 7) is 4.44. The van der Waals surface area contributed by atoms with Crippen molar-refractivity contribution in [3.8, 4) is 0 Å². The normalized spacial score (nSPS) is 14.5. The Morgan fingerprint density at radius 2 is 1.84 bits per heavy atom. The minimum Gasteiger partial charge on any atom is -0.368 e. The van der Waals surface area contributed by atoms with Gasteiger partial charge in [-0.2, -0.15) is 0 Å². The molecule has 1 saturated heterocycles. The van der Waals surface area contributed by atoms with Gasteiger partial charge >= 0.3 is 0 Å². The second kappa shape index (κ2) is 7.11. The van der Waals surface area contributed by atoms with Crippen LogP contribution in [0.4, 0.5) is 11.4 Å². The molecule has 3 rings (SSSR count). The van der Waals surface area contributed by atoms with Gasteiger partial charge in [0.2, 0.25) is 0 Å². The predicted molar refractivity (Wildman–Crippen MR) is 97.4 cm³/mol. The van der Waals surface area contributed by atoms with Crippen LogP contribution in [0.15, 0.2) is 42.5 Å². The van der Waals surface area contributed by atoms with Crippen molar-refractivity contribution in [2.24, 2.45) is 0 Å². The van der Waals surface area contributed by atoms with E-state index in [2.05, 4.69) is 4.90 Å². The van der Waals surface area contributed by atoms with Crippen LogP contribution in [-0.2, 0) is 0 Å². The van der Waals surface area contributed by atoms with Gasteiger partial charge in [-0.25, -0.2) is 0 Å². The molecule has 0 aliphatic carbocycles. The minimum atomic E-state index is -0.390. The van der Waals surface area contributed by atoms with Crippen LogP contribution in [0.2, 0.25) is 5.02 Å². The summed E-state index contributed by atoms with van der Waals surface area (Å²) in [5, 5.41) is 11.4. The van der Waals surface area contributed by atoms with E-state index in [9.17, 15) is 14.9 Å². The maximum absolute atomic E-state index is 12.6. The summed E-state index contributed by atoms with van der Waals surface area (Å²) in [6, 6.07) is 11.8. The van der Waals surface area contributed by atoms with Gasteiger partial charge in [0.1, 0.15) is 0 Å². The number of amides is 1. The highest BCUT2D eigenvalue weighted by molar-refractivity contribution is 6.30. The van der Waals surface area contributed by atoms with Crippen LogP contribution in [-0.4, -0.2) is 41.9 Å². The summed E-state index contributed by atoms with van der Waals surface area (Å²) in [6.07, 6.45) is 0. The van der Waals surface area contributed by atoms with E-state index in [1.807, 2.05) is 11.8 Å². The largest absolute Gasteiger partial charge is 0.368 e. The molecule has 1 amide bonds. The quantitative estimate of drug-likeness (QED) is 0.621. The summed E-state index contributed by atoms with van der Waals surface area (Å²) >= 11 is 5.96. The summed E-state index contributed by atoms with van der Waals surface area (Å²) in [4.78, 5) is 27.0. The zero-order chi connectivity index (χ0) is 18.0. The number of piperazine rings is 1. The first-order valence-electron chi connectivity index (χ1n) is 8.00. The third kappa shape index (κ3) is 3.74. The molecule has 1 heterocycles. The Balaban J connectivity index is 1.68. The van der Waals surface area contributed by atoms with Gasteiger partial charge < -0.3 is 9.80 Å². The number of carbonyl (C=O) groups is 1. The number of rotatable bonds is 3. The standard InChI is InChI=1S/C18H18ClN3O3/c1-13-11-16(22(24)25)5-6-17(13)20-7-9-21(10-8-20)18(23)14-3-2-4-15(19)12-14/h2-6,11-12H,7-10H2,1H3. The molecule has 0 saturated carbocycles. The zero-order valence-electron chi connectivity index (χ0n) is 13.8. The lowest BCUT2D eigenvalue weighted by atomic mass is 10.1. The van der Waals surface area contributed by atoms with Gasteiger partial charge in [0.15, 0.2) is 0 Å². The Bertz CT molecular complexity index is 817. The number of benzene rings is 2. The third-order valence-electron chi connectivity index (χ3n) is 4.37. The first-order chi connectivity index (χ1) is 12.0. The lowest BCUT2D eigenvalue weighted by Crippen LogP contribution is -2.49. The molecule has 0 bridgehead atoms. The van der Waals surface area contributed by atoms with E-state index in [1.165, 1.54) is 6.07 Å². The monoisotopic (exact) mass is 359 g/mol. The molecule has 0 N–H and O–H groups in total. The van der Waals surface area contributed by atoms with E-state index in [0.717, 1.165) is 11.3 Å². The molecule has 0 atom stereocenters. The third-order valence-corrected chi connectivity index (χ3v) is 4.61. The molecule has 7 heteroatoms. The number of hydrogen-bond donors (Lipinski definition) is 0. The van der Waals surface area contributed by atoms with Crippen LogP contribution >= 0.6 is 11.6 Å². The van der Waals surface area contributed by atoms with E-state index in [0.29, 0.717) is 36.8 Å². The number of anilines is 1. The smallest absolute Gasteiger partial charge is 0.269 e. The average molecular weight is 360 g/mol. The number of non-ortho nitro benzene ring substituents is 1. The second-order valence-electron chi connectivity index (χ2n) is 6.02. The minimum absolute atomic E-state index is 0.0254. The molecule has 6 nitrogen and oxygen atoms in total. The first-order valence-corrected chi connectivity index (χ1v) is 8.38. The second-order valence-corrected chi connectivity index (χ2v) is 6.45. The predicted octanol–water partition coefficient (Wildman–Crippen LogP) is 3.52. The maximum Gasteiger partial charge on any atom is 0.269 e. The van der Waals surface area contributed by atoms with Crippen LogP contribution in [0.1, 0.15) is 15.9 Å². The van der Waals surface area contributed by atoms with Crippen LogP contribution < -0.4 is 4.90 Å². The van der Waals surface area contributed by atoms with Crippen molar-refractivity contribution in [2.75, 3.05) is 31.1 Å². The maximum atomic E-state index is 12.6. The molecule has 2 aromatic rings. The van der Waals surface area contributed by atoms with E-state index >= 15 is 0 Å². The lowest BCUT2D eigenvalue weighted by Gasteiger charge is -2.36. The fourth-order valence-electron chi connectivity index (χ4n) is 3.06. The number of carbonyl (C=O) groups excluding carboxylic acids is 1. The Kier molecular flexibility index (Phi) is 4.90. The number of nitrogens with zero attached hydrogens (tertiary/aromatic N) is 3. The average Bonchev–Trinajstić information content (AvgIpc) is 2.61. The molecule has 25 heavy (non-hydrogen) atoms. The molecule has 0 radical (unpaired) electrons. The Morgan fingerprint density at radius 3 is 2.44 bits per heavy atom. The van der Waals surface area contributed by atoms with E-state index < -0.39 is 4.92 Å². The van der Waals surface area contributed by atoms with Gasteiger partial charge in [-0.1, -0.05) is 17.7 Å². The van der Waals surface area contributed by atoms with Crippen molar-refractivity contribution in [3.63, 3.8) is 0 Å².